The van der Waals surface area contributed by atoms with Crippen LogP contribution < -0.4 is 14.8 Å². The van der Waals surface area contributed by atoms with Crippen LogP contribution in [-0.2, 0) is 4.79 Å². The van der Waals surface area contributed by atoms with Gasteiger partial charge in [-0.2, -0.15) is 4.98 Å². The molecule has 0 saturated carbocycles. The lowest BCUT2D eigenvalue weighted by atomic mass is 10.2. The van der Waals surface area contributed by atoms with Gasteiger partial charge in [-0.05, 0) is 43.5 Å². The Morgan fingerprint density at radius 1 is 1.31 bits per heavy atom. The number of carbonyl (C=O) groups excluding carboxylic acids is 1. The molecule has 2 aromatic rings. The summed E-state index contributed by atoms with van der Waals surface area (Å²) >= 11 is 0. The van der Waals surface area contributed by atoms with E-state index in [0.717, 1.165) is 5.56 Å². The van der Waals surface area contributed by atoms with Gasteiger partial charge in [0.05, 0.1) is 13.7 Å². The first-order chi connectivity index (χ1) is 12.4. The Hall–Kier alpha value is -2.83. The van der Waals surface area contributed by atoms with Gasteiger partial charge in [-0.25, -0.2) is 0 Å². The number of methoxy groups -OCH3 is 1. The number of nitrogens with zero attached hydrogens (tertiary/aromatic N) is 2. The standard InChI is InChI=1S/C19H25N3O4/c1-12(2)11-25-16-8-6-15(10-17(16)24-5)7-9-18(23)20-13(3)19-21-14(4)22-26-19/h6-10,12-13H,11H2,1-5H3,(H,20,23)/b9-7+. The predicted molar refractivity (Wildman–Crippen MR) is 98.0 cm³/mol. The minimum Gasteiger partial charge on any atom is -0.493 e. The highest BCUT2D eigenvalue weighted by atomic mass is 16.5. The van der Waals surface area contributed by atoms with Gasteiger partial charge in [-0.1, -0.05) is 25.1 Å². The molecule has 0 bridgehead atoms. The second-order valence-corrected chi connectivity index (χ2v) is 6.36. The number of amides is 1. The summed E-state index contributed by atoms with van der Waals surface area (Å²) in [5, 5.41) is 6.49. The van der Waals surface area contributed by atoms with Crippen molar-refractivity contribution in [3.05, 3.63) is 41.6 Å². The van der Waals surface area contributed by atoms with Crippen LogP contribution in [0.3, 0.4) is 0 Å². The highest BCUT2D eigenvalue weighted by molar-refractivity contribution is 5.92. The number of carbonyl (C=O) groups is 1. The zero-order valence-corrected chi connectivity index (χ0v) is 15.8. The topological polar surface area (TPSA) is 86.5 Å². The SMILES string of the molecule is COc1cc(/C=C/C(=O)NC(C)c2nc(C)no2)ccc1OCC(C)C. The molecular weight excluding hydrogens is 334 g/mol. The molecule has 1 atom stereocenters. The van der Waals surface area contributed by atoms with Gasteiger partial charge in [0.2, 0.25) is 11.8 Å². The van der Waals surface area contributed by atoms with Gasteiger partial charge in [0, 0.05) is 6.08 Å². The second kappa shape index (κ2) is 9.03. The number of nitrogens with one attached hydrogen (secondary N) is 1. The fourth-order valence-corrected chi connectivity index (χ4v) is 2.15. The summed E-state index contributed by atoms with van der Waals surface area (Å²) in [6, 6.07) is 5.16. The third kappa shape index (κ3) is 5.61. The Kier molecular flexibility index (Phi) is 6.77. The molecule has 26 heavy (non-hydrogen) atoms. The number of benzene rings is 1. The molecule has 1 amide bonds. The zero-order valence-electron chi connectivity index (χ0n) is 15.8. The summed E-state index contributed by atoms with van der Waals surface area (Å²) in [7, 11) is 1.59. The molecule has 7 nitrogen and oxygen atoms in total. The number of ether oxygens (including phenoxy) is 2. The summed E-state index contributed by atoms with van der Waals surface area (Å²) < 4.78 is 16.1. The van der Waals surface area contributed by atoms with Crippen molar-refractivity contribution in [3.63, 3.8) is 0 Å². The monoisotopic (exact) mass is 359 g/mol. The predicted octanol–water partition coefficient (Wildman–Crippen LogP) is 3.31. The van der Waals surface area contributed by atoms with Crippen LogP contribution in [0, 0.1) is 12.8 Å². The molecule has 1 N–H and O–H groups in total. The van der Waals surface area contributed by atoms with Crippen molar-refractivity contribution in [2.75, 3.05) is 13.7 Å². The van der Waals surface area contributed by atoms with Crippen molar-refractivity contribution in [1.29, 1.82) is 0 Å². The van der Waals surface area contributed by atoms with E-state index < -0.39 is 0 Å². The Balaban J connectivity index is 1.99. The molecule has 2 rings (SSSR count). The molecule has 1 aromatic heterocycles. The fourth-order valence-electron chi connectivity index (χ4n) is 2.15. The van der Waals surface area contributed by atoms with E-state index in [-0.39, 0.29) is 11.9 Å². The van der Waals surface area contributed by atoms with Gasteiger partial charge in [-0.15, -0.1) is 0 Å². The number of rotatable bonds is 8. The van der Waals surface area contributed by atoms with Crippen LogP contribution in [0.5, 0.6) is 11.5 Å². The normalized spacial score (nSPS) is 12.4. The van der Waals surface area contributed by atoms with E-state index in [1.54, 1.807) is 27.0 Å². The lowest BCUT2D eigenvalue weighted by molar-refractivity contribution is -0.117. The maximum absolute atomic E-state index is 12.1. The molecule has 0 aliphatic heterocycles. The third-order valence-corrected chi connectivity index (χ3v) is 3.46. The molecule has 0 radical (unpaired) electrons. The van der Waals surface area contributed by atoms with Crippen LogP contribution in [-0.4, -0.2) is 29.8 Å². The van der Waals surface area contributed by atoms with Gasteiger partial charge in [0.1, 0.15) is 6.04 Å². The quantitative estimate of drug-likeness (QED) is 0.728. The van der Waals surface area contributed by atoms with Crippen LogP contribution in [0.15, 0.2) is 28.8 Å². The number of hydrogen-bond acceptors (Lipinski definition) is 6. The first-order valence-corrected chi connectivity index (χ1v) is 8.48. The van der Waals surface area contributed by atoms with Crippen molar-refractivity contribution in [3.8, 4) is 11.5 Å². The average molecular weight is 359 g/mol. The second-order valence-electron chi connectivity index (χ2n) is 6.36. The smallest absolute Gasteiger partial charge is 0.248 e. The Labute approximate surface area is 153 Å². The van der Waals surface area contributed by atoms with Crippen molar-refractivity contribution >= 4 is 12.0 Å². The minimum atomic E-state index is -0.366. The Bertz CT molecular complexity index is 768. The summed E-state index contributed by atoms with van der Waals surface area (Å²) in [6.07, 6.45) is 3.15. The first kappa shape index (κ1) is 19.5. The molecule has 0 aliphatic carbocycles. The maximum Gasteiger partial charge on any atom is 0.248 e. The number of aryl methyl sites for hydroxylation is 1. The molecule has 0 saturated heterocycles. The van der Waals surface area contributed by atoms with Crippen LogP contribution >= 0.6 is 0 Å². The molecule has 0 fully saturated rings. The molecule has 0 aliphatic rings. The van der Waals surface area contributed by atoms with Crippen LogP contribution in [0.25, 0.3) is 6.08 Å². The minimum absolute atomic E-state index is 0.257. The van der Waals surface area contributed by atoms with Crippen molar-refractivity contribution in [1.82, 2.24) is 15.5 Å². The van der Waals surface area contributed by atoms with Gasteiger partial charge < -0.3 is 19.3 Å². The van der Waals surface area contributed by atoms with E-state index in [9.17, 15) is 4.79 Å². The van der Waals surface area contributed by atoms with Gasteiger partial charge in [-0.3, -0.25) is 4.79 Å². The Morgan fingerprint density at radius 3 is 2.69 bits per heavy atom. The molecule has 1 heterocycles. The van der Waals surface area contributed by atoms with Gasteiger partial charge >= 0.3 is 0 Å². The molecule has 0 spiro atoms. The number of hydrogen-bond donors (Lipinski definition) is 1. The Morgan fingerprint density at radius 2 is 2.08 bits per heavy atom. The number of aromatic nitrogens is 2. The highest BCUT2D eigenvalue weighted by Crippen LogP contribution is 2.29. The lowest BCUT2D eigenvalue weighted by Crippen LogP contribution is -2.24. The van der Waals surface area contributed by atoms with E-state index in [4.69, 9.17) is 14.0 Å². The van der Waals surface area contributed by atoms with Crippen LogP contribution in [0.1, 0.15) is 44.1 Å². The van der Waals surface area contributed by atoms with E-state index in [1.165, 1.54) is 6.08 Å². The van der Waals surface area contributed by atoms with Gasteiger partial charge in [0.25, 0.3) is 0 Å². The van der Waals surface area contributed by atoms with Crippen LogP contribution in [0.4, 0.5) is 0 Å². The molecular formula is C19H25N3O4. The highest BCUT2D eigenvalue weighted by Gasteiger charge is 2.14. The van der Waals surface area contributed by atoms with E-state index >= 15 is 0 Å². The van der Waals surface area contributed by atoms with Crippen LogP contribution in [0.2, 0.25) is 0 Å². The van der Waals surface area contributed by atoms with Crippen molar-refractivity contribution < 1.29 is 18.8 Å². The van der Waals surface area contributed by atoms with Crippen molar-refractivity contribution in [2.45, 2.75) is 33.7 Å². The molecule has 140 valence electrons. The van der Waals surface area contributed by atoms with E-state index in [0.29, 0.717) is 35.7 Å². The molecule has 1 aromatic carbocycles. The third-order valence-electron chi connectivity index (χ3n) is 3.46. The summed E-state index contributed by atoms with van der Waals surface area (Å²) in [6.45, 7) is 8.28. The first-order valence-electron chi connectivity index (χ1n) is 8.48. The zero-order chi connectivity index (χ0) is 19.1. The molecule has 1 unspecified atom stereocenters. The average Bonchev–Trinajstić information content (AvgIpc) is 3.05. The van der Waals surface area contributed by atoms with Gasteiger partial charge in [0.15, 0.2) is 17.3 Å². The molecule has 7 heteroatoms. The summed E-state index contributed by atoms with van der Waals surface area (Å²) in [5.41, 5.74) is 0.829. The fraction of sp³-hybridized carbons (Fsp3) is 0.421. The summed E-state index contributed by atoms with van der Waals surface area (Å²) in [5.74, 6) is 2.38. The van der Waals surface area contributed by atoms with E-state index in [1.807, 2.05) is 18.2 Å². The summed E-state index contributed by atoms with van der Waals surface area (Å²) in [4.78, 5) is 16.2. The largest absolute Gasteiger partial charge is 0.493 e. The van der Waals surface area contributed by atoms with E-state index in [2.05, 4.69) is 29.3 Å². The lowest BCUT2D eigenvalue weighted by Gasteiger charge is -2.12. The maximum atomic E-state index is 12.1. The van der Waals surface area contributed by atoms with Crippen molar-refractivity contribution in [2.24, 2.45) is 5.92 Å².